The zero-order valence-electron chi connectivity index (χ0n) is 13.4. The first kappa shape index (κ1) is 17.8. The Kier molecular flexibility index (Phi) is 8.21. The summed E-state index contributed by atoms with van der Waals surface area (Å²) in [6.45, 7) is 6.67. The molecule has 3 heteroatoms. The third-order valence-corrected chi connectivity index (χ3v) is 3.66. The van der Waals surface area contributed by atoms with Crippen molar-refractivity contribution < 1.29 is 9.53 Å². The molecule has 2 nitrogen and oxygen atoms in total. The molecule has 0 aromatic heterocycles. The molecule has 0 unspecified atom stereocenters. The Balaban J connectivity index is 2.19. The van der Waals surface area contributed by atoms with Gasteiger partial charge in [0.15, 0.2) is 0 Å². The highest BCUT2D eigenvalue weighted by Crippen LogP contribution is 2.15. The summed E-state index contributed by atoms with van der Waals surface area (Å²) in [5.41, 5.74) is 2.35. The van der Waals surface area contributed by atoms with E-state index < -0.39 is 0 Å². The summed E-state index contributed by atoms with van der Waals surface area (Å²) in [4.78, 5) is 12.7. The van der Waals surface area contributed by atoms with E-state index in [2.05, 4.69) is 26.0 Å². The lowest BCUT2D eigenvalue weighted by Crippen LogP contribution is -2.04. The molecule has 0 fully saturated rings. The summed E-state index contributed by atoms with van der Waals surface area (Å²) >= 11 is 5.03. The molecule has 116 valence electrons. The number of esters is 1. The van der Waals surface area contributed by atoms with Gasteiger partial charge in [0, 0.05) is 6.42 Å². The van der Waals surface area contributed by atoms with Crippen molar-refractivity contribution in [2.75, 3.05) is 0 Å². The quantitative estimate of drug-likeness (QED) is 0.356. The molecule has 0 saturated heterocycles. The van der Waals surface area contributed by atoms with Crippen molar-refractivity contribution in [2.24, 2.45) is 0 Å². The van der Waals surface area contributed by atoms with Crippen molar-refractivity contribution in [1.82, 2.24) is 0 Å². The number of benzene rings is 1. The van der Waals surface area contributed by atoms with Crippen LogP contribution < -0.4 is 0 Å². The van der Waals surface area contributed by atoms with E-state index in [1.54, 1.807) is 0 Å². The van der Waals surface area contributed by atoms with Crippen LogP contribution in [0.15, 0.2) is 24.3 Å². The topological polar surface area (TPSA) is 26.3 Å². The molecule has 0 radical (unpaired) electrons. The molecule has 0 bridgehead atoms. The first-order chi connectivity index (χ1) is 9.99. The predicted molar refractivity (Wildman–Crippen MR) is 91.7 cm³/mol. The molecule has 0 amide bonds. The average molecular weight is 306 g/mol. The summed E-state index contributed by atoms with van der Waals surface area (Å²) in [6, 6.07) is 8.26. The maximum absolute atomic E-state index is 11.6. The lowest BCUT2D eigenvalue weighted by Gasteiger charge is -2.08. The van der Waals surface area contributed by atoms with E-state index in [1.165, 1.54) is 5.56 Å². The molecule has 0 heterocycles. The predicted octanol–water partition coefficient (Wildman–Crippen LogP) is 5.19. The Hall–Kier alpha value is -1.22. The maximum atomic E-state index is 11.6. The Bertz CT molecular complexity index is 449. The van der Waals surface area contributed by atoms with Gasteiger partial charge in [0.25, 0.3) is 0 Å². The van der Waals surface area contributed by atoms with Gasteiger partial charge in [-0.1, -0.05) is 56.8 Å². The number of hydrogen-bond acceptors (Lipinski definition) is 3. The van der Waals surface area contributed by atoms with Gasteiger partial charge in [-0.15, -0.1) is 0 Å². The van der Waals surface area contributed by atoms with Gasteiger partial charge in [-0.05, 0) is 48.1 Å². The summed E-state index contributed by atoms with van der Waals surface area (Å²) in [5, 5.41) is 0. The van der Waals surface area contributed by atoms with Crippen molar-refractivity contribution in [3.8, 4) is 0 Å². The molecule has 21 heavy (non-hydrogen) atoms. The van der Waals surface area contributed by atoms with E-state index in [-0.39, 0.29) is 5.97 Å². The zero-order valence-corrected chi connectivity index (χ0v) is 14.2. The molecule has 0 aliphatic rings. The maximum Gasteiger partial charge on any atom is 0.306 e. The Labute approximate surface area is 133 Å². The third kappa shape index (κ3) is 7.96. The van der Waals surface area contributed by atoms with Crippen molar-refractivity contribution in [3.63, 3.8) is 0 Å². The van der Waals surface area contributed by atoms with E-state index in [0.29, 0.717) is 18.9 Å². The van der Waals surface area contributed by atoms with Crippen LogP contribution in [0.5, 0.6) is 0 Å². The SMILES string of the molecule is CC(=S)CCCCCC(=O)OCc1ccc(C(C)C)cc1. The van der Waals surface area contributed by atoms with Gasteiger partial charge >= 0.3 is 5.97 Å². The highest BCUT2D eigenvalue weighted by molar-refractivity contribution is 7.80. The summed E-state index contributed by atoms with van der Waals surface area (Å²) < 4.78 is 5.29. The van der Waals surface area contributed by atoms with E-state index in [4.69, 9.17) is 17.0 Å². The Morgan fingerprint density at radius 1 is 1.10 bits per heavy atom. The molecule has 0 saturated carbocycles. The van der Waals surface area contributed by atoms with Crippen LogP contribution >= 0.6 is 12.2 Å². The fraction of sp³-hybridized carbons (Fsp3) is 0.556. The fourth-order valence-corrected chi connectivity index (χ4v) is 2.20. The van der Waals surface area contributed by atoms with Crippen LogP contribution in [0.25, 0.3) is 0 Å². The van der Waals surface area contributed by atoms with Gasteiger partial charge in [-0.3, -0.25) is 4.79 Å². The van der Waals surface area contributed by atoms with Gasteiger partial charge in [-0.2, -0.15) is 0 Å². The number of unbranched alkanes of at least 4 members (excludes halogenated alkanes) is 2. The number of hydrogen-bond donors (Lipinski definition) is 0. The molecule has 0 aliphatic heterocycles. The van der Waals surface area contributed by atoms with Gasteiger partial charge in [0.05, 0.1) is 0 Å². The first-order valence-electron chi connectivity index (χ1n) is 7.73. The van der Waals surface area contributed by atoms with Crippen molar-refractivity contribution in [2.45, 2.75) is 65.4 Å². The Morgan fingerprint density at radius 2 is 1.71 bits per heavy atom. The highest BCUT2D eigenvalue weighted by atomic mass is 32.1. The van der Waals surface area contributed by atoms with Gasteiger partial charge in [0.2, 0.25) is 0 Å². The van der Waals surface area contributed by atoms with E-state index in [0.717, 1.165) is 36.1 Å². The molecular formula is C18H26O2S. The van der Waals surface area contributed by atoms with E-state index in [1.807, 2.05) is 19.1 Å². The molecule has 1 aromatic rings. The molecule has 1 aromatic carbocycles. The second-order valence-electron chi connectivity index (χ2n) is 5.82. The smallest absolute Gasteiger partial charge is 0.306 e. The van der Waals surface area contributed by atoms with Gasteiger partial charge in [0.1, 0.15) is 6.61 Å². The standard InChI is InChI=1S/C18H26O2S/c1-14(2)17-11-9-16(10-12-17)13-20-18(19)8-6-4-5-7-15(3)21/h9-12,14H,4-8,13H2,1-3H3. The number of carbonyl (C=O) groups excluding carboxylic acids is 1. The monoisotopic (exact) mass is 306 g/mol. The molecule has 0 spiro atoms. The second-order valence-corrected chi connectivity index (χ2v) is 6.52. The van der Waals surface area contributed by atoms with Gasteiger partial charge in [-0.25, -0.2) is 0 Å². The average Bonchev–Trinajstić information content (AvgIpc) is 2.44. The summed E-state index contributed by atoms with van der Waals surface area (Å²) in [7, 11) is 0. The number of thiocarbonyl (C=S) groups is 1. The Morgan fingerprint density at radius 3 is 2.29 bits per heavy atom. The van der Waals surface area contributed by atoms with Crippen LogP contribution in [-0.2, 0) is 16.1 Å². The minimum Gasteiger partial charge on any atom is -0.461 e. The third-order valence-electron chi connectivity index (χ3n) is 3.46. The van der Waals surface area contributed by atoms with Crippen LogP contribution in [0.1, 0.15) is 69.9 Å². The lowest BCUT2D eigenvalue weighted by atomic mass is 10.0. The summed E-state index contributed by atoms with van der Waals surface area (Å²) in [5.74, 6) is 0.416. The fourth-order valence-electron chi connectivity index (χ4n) is 2.05. The van der Waals surface area contributed by atoms with Crippen LogP contribution in [-0.4, -0.2) is 10.8 Å². The summed E-state index contributed by atoms with van der Waals surface area (Å²) in [6.07, 6.45) is 4.46. The molecule has 0 atom stereocenters. The second kappa shape index (κ2) is 9.67. The van der Waals surface area contributed by atoms with Crippen LogP contribution in [0.2, 0.25) is 0 Å². The largest absolute Gasteiger partial charge is 0.461 e. The molecule has 1 rings (SSSR count). The normalized spacial score (nSPS) is 10.7. The lowest BCUT2D eigenvalue weighted by molar-refractivity contribution is -0.145. The highest BCUT2D eigenvalue weighted by Gasteiger charge is 2.04. The van der Waals surface area contributed by atoms with Crippen molar-refractivity contribution in [3.05, 3.63) is 35.4 Å². The number of carbonyl (C=O) groups is 1. The van der Waals surface area contributed by atoms with Crippen molar-refractivity contribution >= 4 is 23.1 Å². The van der Waals surface area contributed by atoms with Crippen molar-refractivity contribution in [1.29, 1.82) is 0 Å². The van der Waals surface area contributed by atoms with Crippen LogP contribution in [0.4, 0.5) is 0 Å². The zero-order chi connectivity index (χ0) is 15.7. The van der Waals surface area contributed by atoms with Crippen LogP contribution in [0.3, 0.4) is 0 Å². The van der Waals surface area contributed by atoms with E-state index in [9.17, 15) is 4.79 Å². The first-order valence-corrected chi connectivity index (χ1v) is 8.13. The molecule has 0 N–H and O–H groups in total. The minimum atomic E-state index is -0.109. The number of rotatable bonds is 9. The molecule has 0 aliphatic carbocycles. The van der Waals surface area contributed by atoms with Crippen LogP contribution in [0, 0.1) is 0 Å². The minimum absolute atomic E-state index is 0.109. The number of ether oxygens (including phenoxy) is 1. The van der Waals surface area contributed by atoms with Gasteiger partial charge < -0.3 is 4.74 Å². The van der Waals surface area contributed by atoms with E-state index >= 15 is 0 Å². The molecular weight excluding hydrogens is 280 g/mol.